The highest BCUT2D eigenvalue weighted by Gasteiger charge is 2.23. The van der Waals surface area contributed by atoms with Crippen LogP contribution in [0, 0.1) is 11.6 Å². The molecular weight excluding hydrogens is 278 g/mol. The van der Waals surface area contributed by atoms with E-state index in [1.54, 1.807) is 0 Å². The lowest BCUT2D eigenvalue weighted by atomic mass is 10.1. The summed E-state index contributed by atoms with van der Waals surface area (Å²) in [6, 6.07) is 1.41. The lowest BCUT2D eigenvalue weighted by Crippen LogP contribution is -2.10. The second kappa shape index (κ2) is 4.97. The molecule has 0 unspecified atom stereocenters. The van der Waals surface area contributed by atoms with Gasteiger partial charge in [-0.05, 0) is 12.1 Å². The van der Waals surface area contributed by atoms with Crippen LogP contribution in [0.1, 0.15) is 5.56 Å². The van der Waals surface area contributed by atoms with Crippen molar-refractivity contribution >= 4 is 25.7 Å². The number of carbonyl (C=O) groups is 1. The van der Waals surface area contributed by atoms with Crippen LogP contribution in [0.3, 0.4) is 0 Å². The second-order valence-electron chi connectivity index (χ2n) is 3.03. The van der Waals surface area contributed by atoms with Crippen LogP contribution in [0.2, 0.25) is 0 Å². The van der Waals surface area contributed by atoms with Gasteiger partial charge in [0.15, 0.2) is 0 Å². The van der Waals surface area contributed by atoms with Crippen molar-refractivity contribution in [3.05, 3.63) is 29.3 Å². The lowest BCUT2D eigenvalue weighted by Gasteiger charge is -2.06. The molecule has 0 heterocycles. The van der Waals surface area contributed by atoms with E-state index in [2.05, 4.69) is 4.74 Å². The minimum atomic E-state index is -4.34. The molecule has 17 heavy (non-hydrogen) atoms. The van der Waals surface area contributed by atoms with Gasteiger partial charge in [0.25, 0.3) is 9.05 Å². The van der Waals surface area contributed by atoms with Crippen molar-refractivity contribution in [1.29, 1.82) is 0 Å². The van der Waals surface area contributed by atoms with Gasteiger partial charge in [0, 0.05) is 16.2 Å². The molecule has 0 aliphatic carbocycles. The molecule has 0 N–H and O–H groups in total. The number of halogens is 3. The van der Waals surface area contributed by atoms with Gasteiger partial charge in [-0.15, -0.1) is 0 Å². The van der Waals surface area contributed by atoms with E-state index in [0.29, 0.717) is 6.07 Å². The third kappa shape index (κ3) is 3.13. The summed E-state index contributed by atoms with van der Waals surface area (Å²) in [5.41, 5.74) is -0.696. The van der Waals surface area contributed by atoms with Gasteiger partial charge in [0.1, 0.15) is 16.5 Å². The molecule has 8 heteroatoms. The van der Waals surface area contributed by atoms with Crippen LogP contribution in [-0.2, 0) is 25.0 Å². The zero-order valence-corrected chi connectivity index (χ0v) is 10.1. The van der Waals surface area contributed by atoms with Crippen molar-refractivity contribution < 1.29 is 26.7 Å². The molecule has 4 nitrogen and oxygen atoms in total. The van der Waals surface area contributed by atoms with Crippen LogP contribution >= 0.6 is 10.7 Å². The Balaban J connectivity index is 3.35. The molecule has 1 rings (SSSR count). The molecule has 0 aromatic heterocycles. The van der Waals surface area contributed by atoms with Gasteiger partial charge in [0.2, 0.25) is 0 Å². The highest BCUT2D eigenvalue weighted by molar-refractivity contribution is 8.13. The highest BCUT2D eigenvalue weighted by Crippen LogP contribution is 2.24. The van der Waals surface area contributed by atoms with Crippen molar-refractivity contribution in [2.24, 2.45) is 0 Å². The number of ether oxygens (including phenoxy) is 1. The fraction of sp³-hybridized carbons (Fsp3) is 0.222. The maximum atomic E-state index is 13.6. The van der Waals surface area contributed by atoms with E-state index >= 15 is 0 Å². The van der Waals surface area contributed by atoms with E-state index in [4.69, 9.17) is 10.7 Å². The normalized spacial score (nSPS) is 11.3. The summed E-state index contributed by atoms with van der Waals surface area (Å²) in [5, 5.41) is 0. The van der Waals surface area contributed by atoms with Crippen LogP contribution < -0.4 is 0 Å². The number of benzene rings is 1. The minimum absolute atomic E-state index is 0.688. The molecule has 0 fully saturated rings. The smallest absolute Gasteiger partial charge is 0.310 e. The van der Waals surface area contributed by atoms with Gasteiger partial charge < -0.3 is 4.74 Å². The molecule has 0 bridgehead atoms. The van der Waals surface area contributed by atoms with Gasteiger partial charge in [-0.1, -0.05) is 0 Å². The van der Waals surface area contributed by atoms with Crippen molar-refractivity contribution in [3.63, 3.8) is 0 Å². The molecule has 0 spiro atoms. The molecule has 1 aromatic rings. The van der Waals surface area contributed by atoms with Gasteiger partial charge in [-0.25, -0.2) is 17.2 Å². The summed E-state index contributed by atoms with van der Waals surface area (Å²) in [6.07, 6.45) is -0.714. The van der Waals surface area contributed by atoms with Crippen molar-refractivity contribution in [3.8, 4) is 0 Å². The number of carbonyl (C=O) groups excluding carboxylic acids is 1. The third-order valence-electron chi connectivity index (χ3n) is 1.96. The first-order valence-electron chi connectivity index (χ1n) is 4.25. The summed E-state index contributed by atoms with van der Waals surface area (Å²) < 4.78 is 53.0. The largest absolute Gasteiger partial charge is 0.469 e. The zero-order chi connectivity index (χ0) is 13.2. The summed E-state index contributed by atoms with van der Waals surface area (Å²) >= 11 is 0. The predicted molar refractivity (Wildman–Crippen MR) is 55.1 cm³/mol. The van der Waals surface area contributed by atoms with Crippen molar-refractivity contribution in [2.45, 2.75) is 11.3 Å². The van der Waals surface area contributed by atoms with E-state index in [-0.39, 0.29) is 0 Å². The Bertz CT molecular complexity index is 556. The van der Waals surface area contributed by atoms with E-state index in [1.165, 1.54) is 0 Å². The maximum absolute atomic E-state index is 13.6. The highest BCUT2D eigenvalue weighted by atomic mass is 35.7. The summed E-state index contributed by atoms with van der Waals surface area (Å²) in [5.74, 6) is -3.32. The van der Waals surface area contributed by atoms with Crippen LogP contribution in [0.4, 0.5) is 8.78 Å². The SMILES string of the molecule is COC(=O)Cc1c(F)ccc(S(=O)(=O)Cl)c1F. The molecule has 0 aliphatic heterocycles. The molecule has 0 saturated heterocycles. The molecule has 0 aliphatic rings. The van der Waals surface area contributed by atoms with Crippen LogP contribution in [-0.4, -0.2) is 21.5 Å². The summed E-state index contributed by atoms with van der Waals surface area (Å²) in [4.78, 5) is 10.0. The van der Waals surface area contributed by atoms with Crippen molar-refractivity contribution in [2.75, 3.05) is 7.11 Å². The molecule has 0 radical (unpaired) electrons. The van der Waals surface area contributed by atoms with E-state index in [1.807, 2.05) is 0 Å². The second-order valence-corrected chi connectivity index (χ2v) is 5.56. The average Bonchev–Trinajstić information content (AvgIpc) is 2.21. The Morgan fingerprint density at radius 1 is 1.41 bits per heavy atom. The minimum Gasteiger partial charge on any atom is -0.469 e. The molecule has 0 saturated carbocycles. The Kier molecular flexibility index (Phi) is 4.05. The van der Waals surface area contributed by atoms with Crippen LogP contribution in [0.15, 0.2) is 17.0 Å². The van der Waals surface area contributed by atoms with Gasteiger partial charge in [0.05, 0.1) is 13.5 Å². The van der Waals surface area contributed by atoms with E-state index in [9.17, 15) is 22.0 Å². The Hall–Kier alpha value is -1.21. The Morgan fingerprint density at radius 3 is 2.47 bits per heavy atom. The number of hydrogen-bond donors (Lipinski definition) is 0. The topological polar surface area (TPSA) is 60.4 Å². The quantitative estimate of drug-likeness (QED) is 0.625. The molecular formula is C9H7ClF2O4S. The van der Waals surface area contributed by atoms with Gasteiger partial charge in [-0.3, -0.25) is 4.79 Å². The van der Waals surface area contributed by atoms with Gasteiger partial charge >= 0.3 is 5.97 Å². The molecule has 94 valence electrons. The Morgan fingerprint density at radius 2 is 2.00 bits per heavy atom. The van der Waals surface area contributed by atoms with Gasteiger partial charge in [-0.2, -0.15) is 0 Å². The molecule has 0 amide bonds. The van der Waals surface area contributed by atoms with Crippen LogP contribution in [0.25, 0.3) is 0 Å². The third-order valence-corrected chi connectivity index (χ3v) is 3.30. The van der Waals surface area contributed by atoms with E-state index < -0.39 is 43.5 Å². The Labute approximate surface area is 101 Å². The monoisotopic (exact) mass is 284 g/mol. The van der Waals surface area contributed by atoms with Crippen LogP contribution in [0.5, 0.6) is 0 Å². The first-order chi connectivity index (χ1) is 7.77. The standard InChI is InChI=1S/C9H7ClF2O4S/c1-16-8(13)4-5-6(11)2-3-7(9(5)12)17(10,14)15/h2-3H,4H2,1H3. The number of methoxy groups -OCH3 is 1. The fourth-order valence-electron chi connectivity index (χ4n) is 1.14. The lowest BCUT2D eigenvalue weighted by molar-refractivity contribution is -0.139. The zero-order valence-electron chi connectivity index (χ0n) is 8.54. The number of hydrogen-bond acceptors (Lipinski definition) is 4. The first kappa shape index (κ1) is 13.9. The predicted octanol–water partition coefficient (Wildman–Crippen LogP) is 1.61. The first-order valence-corrected chi connectivity index (χ1v) is 6.56. The maximum Gasteiger partial charge on any atom is 0.310 e. The summed E-state index contributed by atoms with van der Waals surface area (Å²) in [7, 11) is 1.66. The molecule has 0 atom stereocenters. The van der Waals surface area contributed by atoms with Crippen molar-refractivity contribution in [1.82, 2.24) is 0 Å². The number of esters is 1. The number of rotatable bonds is 3. The average molecular weight is 285 g/mol. The molecule has 1 aromatic carbocycles. The fourth-order valence-corrected chi connectivity index (χ4v) is 2.07. The summed E-state index contributed by atoms with van der Waals surface area (Å²) in [6.45, 7) is 0. The van der Waals surface area contributed by atoms with E-state index in [0.717, 1.165) is 13.2 Å².